The fourth-order valence-corrected chi connectivity index (χ4v) is 3.27. The Hall–Kier alpha value is -2.49. The van der Waals surface area contributed by atoms with Crippen LogP contribution in [0.3, 0.4) is 0 Å². The Kier molecular flexibility index (Phi) is 4.24. The van der Waals surface area contributed by atoms with Gasteiger partial charge in [0.25, 0.3) is 0 Å². The summed E-state index contributed by atoms with van der Waals surface area (Å²) in [5.74, 6) is 1.10. The Bertz CT molecular complexity index is 727. The number of nitrogens with zero attached hydrogens (tertiary/aromatic N) is 1. The second kappa shape index (κ2) is 6.32. The van der Waals surface area contributed by atoms with Gasteiger partial charge in [-0.2, -0.15) is 0 Å². The van der Waals surface area contributed by atoms with Crippen molar-refractivity contribution in [1.82, 2.24) is 4.90 Å². The molecule has 2 aromatic rings. The van der Waals surface area contributed by atoms with E-state index in [1.165, 1.54) is 5.56 Å². The molecule has 0 bridgehead atoms. The van der Waals surface area contributed by atoms with Crippen LogP contribution in [0.25, 0.3) is 0 Å². The molecule has 1 aliphatic rings. The van der Waals surface area contributed by atoms with Gasteiger partial charge in [0.2, 0.25) is 6.41 Å². The van der Waals surface area contributed by atoms with Crippen molar-refractivity contribution in [2.75, 3.05) is 13.7 Å². The van der Waals surface area contributed by atoms with Crippen molar-refractivity contribution in [3.63, 3.8) is 0 Å². The highest BCUT2D eigenvalue weighted by molar-refractivity contribution is 5.52. The van der Waals surface area contributed by atoms with E-state index >= 15 is 0 Å². The molecule has 4 heteroatoms. The molecule has 3 rings (SSSR count). The molecule has 1 N–H and O–H groups in total. The standard InChI is InChI=1S/C19H21NO3/c1-13-3-4-16(22)9-15(13)11-19-18-6-5-17(23-2)10-14(18)7-8-20(19)12-21/h3-6,9-10,12,19,22H,7-8,11H2,1-2H3. The quantitative estimate of drug-likeness (QED) is 0.883. The summed E-state index contributed by atoms with van der Waals surface area (Å²) >= 11 is 0. The van der Waals surface area contributed by atoms with Gasteiger partial charge in [-0.15, -0.1) is 0 Å². The lowest BCUT2D eigenvalue weighted by molar-refractivity contribution is -0.120. The van der Waals surface area contributed by atoms with Gasteiger partial charge in [-0.3, -0.25) is 4.79 Å². The monoisotopic (exact) mass is 311 g/mol. The van der Waals surface area contributed by atoms with Gasteiger partial charge in [0.15, 0.2) is 0 Å². The van der Waals surface area contributed by atoms with Crippen molar-refractivity contribution in [3.05, 3.63) is 58.7 Å². The molecule has 0 saturated heterocycles. The summed E-state index contributed by atoms with van der Waals surface area (Å²) in [4.78, 5) is 13.3. The van der Waals surface area contributed by atoms with Crippen LogP contribution in [0.15, 0.2) is 36.4 Å². The summed E-state index contributed by atoms with van der Waals surface area (Å²) in [6.07, 6.45) is 2.45. The Morgan fingerprint density at radius 1 is 1.30 bits per heavy atom. The third-order valence-electron chi connectivity index (χ3n) is 4.63. The zero-order valence-corrected chi connectivity index (χ0v) is 13.5. The van der Waals surface area contributed by atoms with Crippen LogP contribution in [0, 0.1) is 6.92 Å². The fourth-order valence-electron chi connectivity index (χ4n) is 3.27. The number of methoxy groups -OCH3 is 1. The maximum atomic E-state index is 11.5. The number of carbonyl (C=O) groups is 1. The Balaban J connectivity index is 1.99. The van der Waals surface area contributed by atoms with Crippen LogP contribution >= 0.6 is 0 Å². The van der Waals surface area contributed by atoms with Gasteiger partial charge < -0.3 is 14.7 Å². The van der Waals surface area contributed by atoms with E-state index in [0.717, 1.165) is 35.3 Å². The highest BCUT2D eigenvalue weighted by Crippen LogP contribution is 2.34. The van der Waals surface area contributed by atoms with Crippen LogP contribution < -0.4 is 4.74 Å². The molecule has 0 saturated carbocycles. The maximum Gasteiger partial charge on any atom is 0.210 e. The molecule has 0 fully saturated rings. The van der Waals surface area contributed by atoms with E-state index in [1.54, 1.807) is 19.2 Å². The van der Waals surface area contributed by atoms with Crippen molar-refractivity contribution < 1.29 is 14.6 Å². The topological polar surface area (TPSA) is 49.8 Å². The average molecular weight is 311 g/mol. The minimum atomic E-state index is -0.0114. The molecule has 1 amide bonds. The van der Waals surface area contributed by atoms with E-state index in [1.807, 2.05) is 30.0 Å². The maximum absolute atomic E-state index is 11.5. The van der Waals surface area contributed by atoms with Crippen molar-refractivity contribution in [2.45, 2.75) is 25.8 Å². The molecule has 2 aromatic carbocycles. The minimum absolute atomic E-state index is 0.0114. The van der Waals surface area contributed by atoms with Gasteiger partial charge >= 0.3 is 0 Å². The molecule has 0 aromatic heterocycles. The predicted octanol–water partition coefficient (Wildman–Crippen LogP) is 3.01. The molecule has 0 radical (unpaired) electrons. The average Bonchev–Trinajstić information content (AvgIpc) is 2.57. The third-order valence-corrected chi connectivity index (χ3v) is 4.63. The molecular formula is C19H21NO3. The minimum Gasteiger partial charge on any atom is -0.508 e. The first-order valence-electron chi connectivity index (χ1n) is 7.78. The SMILES string of the molecule is COc1ccc2c(c1)CCN(C=O)C2Cc1cc(O)ccc1C. The number of aromatic hydroxyl groups is 1. The molecule has 0 spiro atoms. The first kappa shape index (κ1) is 15.4. The summed E-state index contributed by atoms with van der Waals surface area (Å²) in [6.45, 7) is 2.73. The summed E-state index contributed by atoms with van der Waals surface area (Å²) in [7, 11) is 1.66. The number of phenolic OH excluding ortho intramolecular Hbond substituents is 1. The van der Waals surface area contributed by atoms with Crippen molar-refractivity contribution in [2.24, 2.45) is 0 Å². The first-order valence-corrected chi connectivity index (χ1v) is 7.78. The van der Waals surface area contributed by atoms with Gasteiger partial charge in [-0.1, -0.05) is 12.1 Å². The molecule has 120 valence electrons. The van der Waals surface area contributed by atoms with Crippen molar-refractivity contribution in [3.8, 4) is 11.5 Å². The molecule has 1 aliphatic heterocycles. The Morgan fingerprint density at radius 3 is 2.87 bits per heavy atom. The van der Waals surface area contributed by atoms with E-state index < -0.39 is 0 Å². The molecule has 4 nitrogen and oxygen atoms in total. The number of hydrogen-bond acceptors (Lipinski definition) is 3. The van der Waals surface area contributed by atoms with Gasteiger partial charge in [-0.05, 0) is 66.3 Å². The highest BCUT2D eigenvalue weighted by Gasteiger charge is 2.27. The lowest BCUT2D eigenvalue weighted by Gasteiger charge is -2.35. The second-order valence-corrected chi connectivity index (χ2v) is 5.99. The number of aryl methyl sites for hydroxylation is 1. The molecule has 1 atom stereocenters. The van der Waals surface area contributed by atoms with Crippen LogP contribution in [0.2, 0.25) is 0 Å². The van der Waals surface area contributed by atoms with E-state index in [9.17, 15) is 9.90 Å². The number of benzene rings is 2. The van der Waals surface area contributed by atoms with Gasteiger partial charge in [0.1, 0.15) is 11.5 Å². The number of ether oxygens (including phenoxy) is 1. The zero-order chi connectivity index (χ0) is 16.4. The summed E-state index contributed by atoms with van der Waals surface area (Å²) in [6, 6.07) is 11.4. The van der Waals surface area contributed by atoms with E-state index in [0.29, 0.717) is 13.0 Å². The summed E-state index contributed by atoms with van der Waals surface area (Å²) in [5.41, 5.74) is 4.57. The van der Waals surface area contributed by atoms with Gasteiger partial charge in [-0.25, -0.2) is 0 Å². The van der Waals surface area contributed by atoms with Gasteiger partial charge in [0, 0.05) is 6.54 Å². The predicted molar refractivity (Wildman–Crippen MR) is 88.8 cm³/mol. The van der Waals surface area contributed by atoms with Crippen LogP contribution in [-0.4, -0.2) is 30.1 Å². The van der Waals surface area contributed by atoms with E-state index in [2.05, 4.69) is 6.07 Å². The lowest BCUT2D eigenvalue weighted by atomic mass is 9.88. The molecule has 1 unspecified atom stereocenters. The number of phenols is 1. The van der Waals surface area contributed by atoms with Crippen LogP contribution in [0.1, 0.15) is 28.3 Å². The Labute approximate surface area is 136 Å². The number of carbonyl (C=O) groups excluding carboxylic acids is 1. The van der Waals surface area contributed by atoms with Crippen LogP contribution in [0.4, 0.5) is 0 Å². The Morgan fingerprint density at radius 2 is 2.13 bits per heavy atom. The smallest absolute Gasteiger partial charge is 0.210 e. The second-order valence-electron chi connectivity index (χ2n) is 5.99. The fraction of sp³-hybridized carbons (Fsp3) is 0.316. The van der Waals surface area contributed by atoms with Crippen molar-refractivity contribution >= 4 is 6.41 Å². The van der Waals surface area contributed by atoms with Crippen molar-refractivity contribution in [1.29, 1.82) is 0 Å². The normalized spacial score (nSPS) is 16.8. The number of amides is 1. The van der Waals surface area contributed by atoms with Crippen LogP contribution in [0.5, 0.6) is 11.5 Å². The van der Waals surface area contributed by atoms with Gasteiger partial charge in [0.05, 0.1) is 13.2 Å². The van der Waals surface area contributed by atoms with E-state index in [4.69, 9.17) is 4.74 Å². The zero-order valence-electron chi connectivity index (χ0n) is 13.5. The van der Waals surface area contributed by atoms with Crippen LogP contribution in [-0.2, 0) is 17.6 Å². The number of fused-ring (bicyclic) bond motifs is 1. The number of rotatable bonds is 4. The molecule has 0 aliphatic carbocycles. The first-order chi connectivity index (χ1) is 11.1. The van der Waals surface area contributed by atoms with E-state index in [-0.39, 0.29) is 11.8 Å². The lowest BCUT2D eigenvalue weighted by Crippen LogP contribution is -2.35. The summed E-state index contributed by atoms with van der Waals surface area (Å²) in [5, 5.41) is 9.75. The third kappa shape index (κ3) is 3.02. The largest absolute Gasteiger partial charge is 0.508 e. The molecule has 1 heterocycles. The molecule has 23 heavy (non-hydrogen) atoms. The highest BCUT2D eigenvalue weighted by atomic mass is 16.5. The molecular weight excluding hydrogens is 290 g/mol. The number of hydrogen-bond donors (Lipinski definition) is 1. The summed E-state index contributed by atoms with van der Waals surface area (Å²) < 4.78 is 5.31.